The number of nitrogens with one attached hydrogen (secondary N) is 2. The Morgan fingerprint density at radius 1 is 1.14 bits per heavy atom. The number of aromatic nitrogens is 2. The van der Waals surface area contributed by atoms with Gasteiger partial charge in [0.1, 0.15) is 5.69 Å². The average Bonchev–Trinajstić information content (AvgIpc) is 3.21. The van der Waals surface area contributed by atoms with E-state index in [1.165, 1.54) is 0 Å². The fourth-order valence-corrected chi connectivity index (χ4v) is 3.04. The first kappa shape index (κ1) is 18.5. The number of hydrogen-bond acceptors (Lipinski definition) is 8. The largest absolute Gasteiger partial charge is 0.454 e. The molecule has 0 aliphatic carbocycles. The molecule has 3 heterocycles. The van der Waals surface area contributed by atoms with Crippen LogP contribution in [0, 0.1) is 0 Å². The lowest BCUT2D eigenvalue weighted by molar-refractivity contribution is 0.0398. The highest BCUT2D eigenvalue weighted by atomic mass is 16.7. The Morgan fingerprint density at radius 2 is 2.00 bits per heavy atom. The molecule has 4 rings (SSSR count). The number of benzene rings is 1. The summed E-state index contributed by atoms with van der Waals surface area (Å²) in [7, 11) is 0. The fourth-order valence-electron chi connectivity index (χ4n) is 3.04. The molecule has 2 aliphatic rings. The number of hydrogen-bond donors (Lipinski definition) is 2. The Morgan fingerprint density at radius 3 is 2.89 bits per heavy atom. The van der Waals surface area contributed by atoms with Crippen LogP contribution in [0.3, 0.4) is 0 Å². The molecular formula is C19H23N5O4. The molecule has 148 valence electrons. The Balaban J connectivity index is 1.27. The quantitative estimate of drug-likeness (QED) is 0.725. The van der Waals surface area contributed by atoms with Gasteiger partial charge in [-0.1, -0.05) is 6.07 Å². The summed E-state index contributed by atoms with van der Waals surface area (Å²) in [4.78, 5) is 23.2. The highest BCUT2D eigenvalue weighted by molar-refractivity contribution is 5.92. The van der Waals surface area contributed by atoms with Crippen molar-refractivity contribution in [2.75, 3.05) is 51.5 Å². The van der Waals surface area contributed by atoms with Gasteiger partial charge in [0.2, 0.25) is 12.7 Å². The number of morpholine rings is 1. The summed E-state index contributed by atoms with van der Waals surface area (Å²) < 4.78 is 16.0. The highest BCUT2D eigenvalue weighted by Crippen LogP contribution is 2.32. The number of amides is 1. The molecule has 0 atom stereocenters. The van der Waals surface area contributed by atoms with Gasteiger partial charge in [-0.3, -0.25) is 9.69 Å². The predicted molar refractivity (Wildman–Crippen MR) is 102 cm³/mol. The molecule has 1 aromatic carbocycles. The normalized spacial score (nSPS) is 16.0. The van der Waals surface area contributed by atoms with E-state index >= 15 is 0 Å². The lowest BCUT2D eigenvalue weighted by Crippen LogP contribution is -2.39. The zero-order valence-corrected chi connectivity index (χ0v) is 15.5. The number of nitrogens with zero attached hydrogens (tertiary/aromatic N) is 3. The van der Waals surface area contributed by atoms with Gasteiger partial charge in [0.25, 0.3) is 5.91 Å². The molecule has 1 amide bonds. The third-order valence-electron chi connectivity index (χ3n) is 4.59. The average molecular weight is 385 g/mol. The lowest BCUT2D eigenvalue weighted by Gasteiger charge is -2.26. The van der Waals surface area contributed by atoms with Crippen LogP contribution < -0.4 is 20.1 Å². The molecule has 0 radical (unpaired) electrons. The van der Waals surface area contributed by atoms with Crippen molar-refractivity contribution in [3.63, 3.8) is 0 Å². The molecule has 1 aromatic heterocycles. The fraction of sp³-hybridized carbons (Fsp3) is 0.421. The number of ether oxygens (including phenoxy) is 3. The first-order valence-corrected chi connectivity index (χ1v) is 9.32. The molecule has 9 nitrogen and oxygen atoms in total. The van der Waals surface area contributed by atoms with E-state index in [1.54, 1.807) is 12.3 Å². The maximum Gasteiger partial charge on any atom is 0.270 e. The van der Waals surface area contributed by atoms with Crippen LogP contribution >= 0.6 is 0 Å². The predicted octanol–water partition coefficient (Wildman–Crippen LogP) is 0.879. The van der Waals surface area contributed by atoms with Crippen molar-refractivity contribution >= 4 is 11.9 Å². The summed E-state index contributed by atoms with van der Waals surface area (Å²) in [6.07, 6.45) is 1.58. The number of fused-ring (bicyclic) bond motifs is 1. The number of carbonyl (C=O) groups is 1. The summed E-state index contributed by atoms with van der Waals surface area (Å²) >= 11 is 0. The van der Waals surface area contributed by atoms with Gasteiger partial charge in [0.05, 0.1) is 13.2 Å². The molecule has 2 N–H and O–H groups in total. The maximum atomic E-state index is 12.4. The Hall–Kier alpha value is -2.91. The third-order valence-corrected chi connectivity index (χ3v) is 4.59. The van der Waals surface area contributed by atoms with E-state index in [9.17, 15) is 4.79 Å². The first-order chi connectivity index (χ1) is 13.8. The SMILES string of the molecule is O=C(NCc1ccc2c(c1)OCO2)c1ccnc(NCCN2CCOCC2)n1. The van der Waals surface area contributed by atoms with E-state index in [0.717, 1.165) is 44.2 Å². The zero-order valence-electron chi connectivity index (χ0n) is 15.5. The topological polar surface area (TPSA) is 97.8 Å². The van der Waals surface area contributed by atoms with Gasteiger partial charge < -0.3 is 24.8 Å². The second kappa shape index (κ2) is 8.85. The molecule has 2 aliphatic heterocycles. The second-order valence-corrected chi connectivity index (χ2v) is 6.52. The molecule has 0 bridgehead atoms. The Labute approximate surface area is 163 Å². The highest BCUT2D eigenvalue weighted by Gasteiger charge is 2.14. The lowest BCUT2D eigenvalue weighted by atomic mass is 10.2. The van der Waals surface area contributed by atoms with Crippen molar-refractivity contribution in [2.45, 2.75) is 6.54 Å². The van der Waals surface area contributed by atoms with Crippen molar-refractivity contribution in [3.8, 4) is 11.5 Å². The Kier molecular flexibility index (Phi) is 5.83. The van der Waals surface area contributed by atoms with Crippen LogP contribution in [0.1, 0.15) is 16.1 Å². The molecule has 28 heavy (non-hydrogen) atoms. The van der Waals surface area contributed by atoms with E-state index in [4.69, 9.17) is 14.2 Å². The number of rotatable bonds is 7. The van der Waals surface area contributed by atoms with Gasteiger partial charge in [-0.15, -0.1) is 0 Å². The monoisotopic (exact) mass is 385 g/mol. The van der Waals surface area contributed by atoms with Gasteiger partial charge in [0, 0.05) is 38.9 Å². The second-order valence-electron chi connectivity index (χ2n) is 6.52. The molecule has 2 aromatic rings. The number of carbonyl (C=O) groups excluding carboxylic acids is 1. The summed E-state index contributed by atoms with van der Waals surface area (Å²) in [6, 6.07) is 7.20. The van der Waals surface area contributed by atoms with Crippen molar-refractivity contribution in [1.82, 2.24) is 20.2 Å². The molecule has 1 saturated heterocycles. The third kappa shape index (κ3) is 4.68. The molecule has 9 heteroatoms. The van der Waals surface area contributed by atoms with Crippen molar-refractivity contribution in [1.29, 1.82) is 0 Å². The summed E-state index contributed by atoms with van der Waals surface area (Å²) in [5.74, 6) is 1.61. The zero-order chi connectivity index (χ0) is 19.2. The molecule has 0 spiro atoms. The van der Waals surface area contributed by atoms with E-state index in [2.05, 4.69) is 25.5 Å². The van der Waals surface area contributed by atoms with Gasteiger partial charge in [-0.05, 0) is 23.8 Å². The van der Waals surface area contributed by atoms with Crippen LogP contribution in [0.2, 0.25) is 0 Å². The van der Waals surface area contributed by atoms with Crippen molar-refractivity contribution in [3.05, 3.63) is 41.7 Å². The summed E-state index contributed by atoms with van der Waals surface area (Å²) in [5.41, 5.74) is 1.25. The minimum absolute atomic E-state index is 0.230. The van der Waals surface area contributed by atoms with Crippen LogP contribution in [0.4, 0.5) is 5.95 Å². The van der Waals surface area contributed by atoms with E-state index in [0.29, 0.717) is 30.5 Å². The molecule has 1 fully saturated rings. The summed E-state index contributed by atoms with van der Waals surface area (Å²) in [6.45, 7) is 5.61. The first-order valence-electron chi connectivity index (χ1n) is 9.32. The van der Waals surface area contributed by atoms with Crippen LogP contribution in [0.5, 0.6) is 11.5 Å². The van der Waals surface area contributed by atoms with Gasteiger partial charge in [-0.25, -0.2) is 9.97 Å². The van der Waals surface area contributed by atoms with Gasteiger partial charge in [-0.2, -0.15) is 0 Å². The molecule has 0 unspecified atom stereocenters. The van der Waals surface area contributed by atoms with Gasteiger partial charge >= 0.3 is 0 Å². The summed E-state index contributed by atoms with van der Waals surface area (Å²) in [5, 5.41) is 6.04. The maximum absolute atomic E-state index is 12.4. The van der Waals surface area contributed by atoms with Crippen LogP contribution in [0.25, 0.3) is 0 Å². The van der Waals surface area contributed by atoms with E-state index < -0.39 is 0 Å². The van der Waals surface area contributed by atoms with Crippen LogP contribution in [-0.2, 0) is 11.3 Å². The van der Waals surface area contributed by atoms with E-state index in [-0.39, 0.29) is 12.7 Å². The minimum atomic E-state index is -0.253. The minimum Gasteiger partial charge on any atom is -0.454 e. The standard InChI is InChI=1S/C19H23N5O4/c25-18(22-12-14-1-2-16-17(11-14)28-13-27-16)15-3-4-20-19(23-15)21-5-6-24-7-9-26-10-8-24/h1-4,11H,5-10,12-13H2,(H,22,25)(H,20,21,23). The Bertz CT molecular complexity index is 826. The van der Waals surface area contributed by atoms with Crippen LogP contribution in [-0.4, -0.2) is 67.0 Å². The van der Waals surface area contributed by atoms with Gasteiger partial charge in [0.15, 0.2) is 11.5 Å². The molecule has 0 saturated carbocycles. The van der Waals surface area contributed by atoms with Crippen molar-refractivity contribution < 1.29 is 19.0 Å². The van der Waals surface area contributed by atoms with Crippen molar-refractivity contribution in [2.24, 2.45) is 0 Å². The smallest absolute Gasteiger partial charge is 0.270 e. The van der Waals surface area contributed by atoms with Crippen LogP contribution in [0.15, 0.2) is 30.5 Å². The van der Waals surface area contributed by atoms with E-state index in [1.807, 2.05) is 18.2 Å². The molecular weight excluding hydrogens is 362 g/mol. The number of anilines is 1.